The molecule has 3 nitrogen and oxygen atoms in total. The van der Waals surface area contributed by atoms with Crippen LogP contribution in [-0.4, -0.2) is 15.8 Å². The van der Waals surface area contributed by atoms with E-state index in [1.54, 1.807) is 24.1 Å². The lowest BCUT2D eigenvalue weighted by atomic mass is 9.74. The number of alkyl halides is 1. The van der Waals surface area contributed by atoms with Crippen LogP contribution < -0.4 is 5.73 Å². The van der Waals surface area contributed by atoms with Crippen LogP contribution in [0.1, 0.15) is 18.4 Å². The number of nitrogens with two attached hydrogens (primary N) is 1. The average molecular weight is 169 g/mol. The highest BCUT2D eigenvalue weighted by Gasteiger charge is 2.45. The molecule has 0 spiro atoms. The van der Waals surface area contributed by atoms with Crippen molar-refractivity contribution in [3.63, 3.8) is 0 Å². The average Bonchev–Trinajstić information content (AvgIpc) is 2.33. The Labute approximate surface area is 70.4 Å². The zero-order chi connectivity index (χ0) is 8.77. The van der Waals surface area contributed by atoms with E-state index in [9.17, 15) is 4.39 Å². The first-order valence-electron chi connectivity index (χ1n) is 4.04. The maximum Gasteiger partial charge on any atom is 0.142 e. The van der Waals surface area contributed by atoms with E-state index in [0.717, 1.165) is 0 Å². The van der Waals surface area contributed by atoms with Gasteiger partial charge >= 0.3 is 0 Å². The molecule has 0 atom stereocenters. The highest BCUT2D eigenvalue weighted by molar-refractivity contribution is 5.20. The smallest absolute Gasteiger partial charge is 0.142 e. The lowest BCUT2D eigenvalue weighted by Gasteiger charge is -2.38. The van der Waals surface area contributed by atoms with Crippen LogP contribution in [0.5, 0.6) is 0 Å². The molecule has 0 radical (unpaired) electrons. The summed E-state index contributed by atoms with van der Waals surface area (Å²) >= 11 is 0. The maximum atomic E-state index is 13.8. The quantitative estimate of drug-likeness (QED) is 0.672. The second-order valence-corrected chi connectivity index (χ2v) is 3.54. The maximum absolute atomic E-state index is 13.8. The molecule has 0 aromatic carbocycles. The monoisotopic (exact) mass is 169 g/mol. The Morgan fingerprint density at radius 3 is 2.83 bits per heavy atom. The van der Waals surface area contributed by atoms with Gasteiger partial charge in [0.25, 0.3) is 0 Å². The Hall–Kier alpha value is -0.900. The third kappa shape index (κ3) is 1.03. The molecule has 0 saturated heterocycles. The van der Waals surface area contributed by atoms with E-state index < -0.39 is 5.67 Å². The largest absolute Gasteiger partial charge is 0.327 e. The first-order chi connectivity index (χ1) is 5.60. The van der Waals surface area contributed by atoms with Crippen LogP contribution in [0.25, 0.3) is 0 Å². The number of aromatic nitrogens is 2. The number of halogens is 1. The summed E-state index contributed by atoms with van der Waals surface area (Å²) in [6, 6.07) is 0.0233. The molecule has 0 aliphatic heterocycles. The fourth-order valence-electron chi connectivity index (χ4n) is 1.66. The van der Waals surface area contributed by atoms with Gasteiger partial charge in [-0.15, -0.1) is 0 Å². The van der Waals surface area contributed by atoms with E-state index in [1.807, 2.05) is 0 Å². The summed E-state index contributed by atoms with van der Waals surface area (Å²) in [6.07, 6.45) is 4.15. The first-order valence-corrected chi connectivity index (χ1v) is 4.04. The number of rotatable bonds is 1. The molecule has 4 heteroatoms. The van der Waals surface area contributed by atoms with Crippen molar-refractivity contribution < 1.29 is 4.39 Å². The molecule has 66 valence electrons. The van der Waals surface area contributed by atoms with Gasteiger partial charge in [-0.1, -0.05) is 0 Å². The summed E-state index contributed by atoms with van der Waals surface area (Å²) in [4.78, 5) is 0. The summed E-state index contributed by atoms with van der Waals surface area (Å²) in [6.45, 7) is 0. The topological polar surface area (TPSA) is 43.8 Å². The van der Waals surface area contributed by atoms with Crippen LogP contribution in [0.3, 0.4) is 0 Å². The second-order valence-electron chi connectivity index (χ2n) is 3.54. The molecule has 1 aromatic rings. The molecule has 1 saturated carbocycles. The lowest BCUT2D eigenvalue weighted by Crippen LogP contribution is -2.46. The molecule has 1 fully saturated rings. The van der Waals surface area contributed by atoms with Gasteiger partial charge in [-0.2, -0.15) is 5.10 Å². The van der Waals surface area contributed by atoms with Crippen molar-refractivity contribution in [3.8, 4) is 0 Å². The Morgan fingerprint density at radius 1 is 1.75 bits per heavy atom. The van der Waals surface area contributed by atoms with E-state index >= 15 is 0 Å². The third-order valence-corrected chi connectivity index (χ3v) is 2.39. The van der Waals surface area contributed by atoms with Crippen LogP contribution in [0, 0.1) is 0 Å². The molecule has 12 heavy (non-hydrogen) atoms. The van der Waals surface area contributed by atoms with Gasteiger partial charge < -0.3 is 5.73 Å². The number of hydrogen-bond donors (Lipinski definition) is 1. The Bertz CT molecular complexity index is 288. The number of nitrogens with zero attached hydrogens (tertiary/aromatic N) is 2. The summed E-state index contributed by atoms with van der Waals surface area (Å²) in [5, 5.41) is 3.93. The standard InChI is InChI=1S/C8H12FN3/c1-12-5-6(4-11-12)8(9)2-7(10)3-8/h4-5,7H,2-3,10H2,1H3. The Kier molecular flexibility index (Phi) is 1.48. The molecular formula is C8H12FN3. The molecule has 2 N–H and O–H groups in total. The van der Waals surface area contributed by atoms with Crippen molar-refractivity contribution in [1.82, 2.24) is 9.78 Å². The van der Waals surface area contributed by atoms with Gasteiger partial charge in [0, 0.05) is 37.7 Å². The van der Waals surface area contributed by atoms with E-state index in [1.165, 1.54) is 0 Å². The molecule has 0 bridgehead atoms. The SMILES string of the molecule is Cn1cc(C2(F)CC(N)C2)cn1. The zero-order valence-corrected chi connectivity index (χ0v) is 7.00. The molecule has 1 heterocycles. The van der Waals surface area contributed by atoms with E-state index in [4.69, 9.17) is 5.73 Å². The molecular weight excluding hydrogens is 157 g/mol. The van der Waals surface area contributed by atoms with E-state index in [2.05, 4.69) is 5.10 Å². The van der Waals surface area contributed by atoms with Gasteiger partial charge in [-0.25, -0.2) is 4.39 Å². The van der Waals surface area contributed by atoms with Gasteiger partial charge in [0.15, 0.2) is 0 Å². The molecule has 0 unspecified atom stereocenters. The zero-order valence-electron chi connectivity index (χ0n) is 7.00. The lowest BCUT2D eigenvalue weighted by molar-refractivity contribution is 0.0405. The highest BCUT2D eigenvalue weighted by Crippen LogP contribution is 2.43. The predicted octanol–water partition coefficient (Wildman–Crippen LogP) is 0.706. The normalized spacial score (nSPS) is 34.8. The summed E-state index contributed by atoms with van der Waals surface area (Å²) in [7, 11) is 1.78. The molecule has 1 aromatic heterocycles. The minimum atomic E-state index is -1.20. The van der Waals surface area contributed by atoms with Crippen molar-refractivity contribution in [2.24, 2.45) is 12.8 Å². The van der Waals surface area contributed by atoms with Gasteiger partial charge in [-0.05, 0) is 0 Å². The van der Waals surface area contributed by atoms with Crippen molar-refractivity contribution in [3.05, 3.63) is 18.0 Å². The van der Waals surface area contributed by atoms with Crippen molar-refractivity contribution in [1.29, 1.82) is 0 Å². The van der Waals surface area contributed by atoms with Crippen LogP contribution in [0.4, 0.5) is 4.39 Å². The fourth-order valence-corrected chi connectivity index (χ4v) is 1.66. The van der Waals surface area contributed by atoms with Crippen molar-refractivity contribution in [2.75, 3.05) is 0 Å². The minimum Gasteiger partial charge on any atom is -0.327 e. The summed E-state index contributed by atoms with van der Waals surface area (Å²) < 4.78 is 15.4. The molecule has 1 aliphatic carbocycles. The summed E-state index contributed by atoms with van der Waals surface area (Å²) in [5.74, 6) is 0. The predicted molar refractivity (Wildman–Crippen MR) is 43.2 cm³/mol. The van der Waals surface area contributed by atoms with Gasteiger partial charge in [0.1, 0.15) is 5.67 Å². The van der Waals surface area contributed by atoms with Crippen LogP contribution in [0.2, 0.25) is 0 Å². The minimum absolute atomic E-state index is 0.0233. The van der Waals surface area contributed by atoms with Gasteiger partial charge in [-0.3, -0.25) is 4.68 Å². The summed E-state index contributed by atoms with van der Waals surface area (Å²) in [5.41, 5.74) is 4.99. The van der Waals surface area contributed by atoms with Crippen LogP contribution in [0.15, 0.2) is 12.4 Å². The fraction of sp³-hybridized carbons (Fsp3) is 0.625. The molecule has 0 amide bonds. The number of aryl methyl sites for hydroxylation is 1. The van der Waals surface area contributed by atoms with Crippen molar-refractivity contribution in [2.45, 2.75) is 24.6 Å². The van der Waals surface area contributed by atoms with Gasteiger partial charge in [0.05, 0.1) is 6.20 Å². The Balaban J connectivity index is 2.20. The molecule has 1 aliphatic rings. The second kappa shape index (κ2) is 2.29. The van der Waals surface area contributed by atoms with Crippen LogP contribution >= 0.6 is 0 Å². The van der Waals surface area contributed by atoms with E-state index in [-0.39, 0.29) is 6.04 Å². The highest BCUT2D eigenvalue weighted by atomic mass is 19.1. The van der Waals surface area contributed by atoms with Crippen molar-refractivity contribution >= 4 is 0 Å². The van der Waals surface area contributed by atoms with E-state index in [0.29, 0.717) is 18.4 Å². The number of hydrogen-bond acceptors (Lipinski definition) is 2. The van der Waals surface area contributed by atoms with Gasteiger partial charge in [0.2, 0.25) is 0 Å². The Morgan fingerprint density at radius 2 is 2.42 bits per heavy atom. The third-order valence-electron chi connectivity index (χ3n) is 2.39. The first kappa shape index (κ1) is 7.73. The van der Waals surface area contributed by atoms with Crippen LogP contribution in [-0.2, 0) is 12.7 Å². The molecule has 2 rings (SSSR count).